The molecule has 8 heteroatoms. The van der Waals surface area contributed by atoms with Crippen molar-refractivity contribution in [3.05, 3.63) is 35.4 Å². The van der Waals surface area contributed by atoms with Crippen LogP contribution in [0.1, 0.15) is 45.3 Å². The fraction of sp³-hybridized carbons (Fsp3) is 0.588. The summed E-state index contributed by atoms with van der Waals surface area (Å²) in [4.78, 5) is 11.4. The zero-order valence-corrected chi connectivity index (χ0v) is 16.3. The van der Waals surface area contributed by atoms with Crippen molar-refractivity contribution < 1.29 is 28.3 Å². The van der Waals surface area contributed by atoms with Gasteiger partial charge in [-0.3, -0.25) is 0 Å². The molecule has 1 aromatic carbocycles. The summed E-state index contributed by atoms with van der Waals surface area (Å²) in [6, 6.07) is 2.88. The third kappa shape index (κ3) is 6.05. The first kappa shape index (κ1) is 21.5. The van der Waals surface area contributed by atoms with Crippen LogP contribution in [-0.4, -0.2) is 36.2 Å². The van der Waals surface area contributed by atoms with Crippen LogP contribution in [0.15, 0.2) is 18.2 Å². The third-order valence-electron chi connectivity index (χ3n) is 4.51. The Morgan fingerprint density at radius 2 is 1.92 bits per heavy atom. The van der Waals surface area contributed by atoms with Crippen molar-refractivity contribution in [3.8, 4) is 0 Å². The van der Waals surface area contributed by atoms with Gasteiger partial charge in [-0.15, -0.1) is 0 Å². The number of halogens is 2. The number of carboxylic acid groups (broad SMARTS) is 1. The number of rotatable bonds is 7. The standard InChI is InChI=1S/C17H27F2NO4Si/c1-17(2,3)25(4,5)24-20(16(22)23)10-6-7-15(21)13-11-12(18)8-9-14(13)19/h8-9,11,15,21H,6-7,10H2,1-5H3,(H,22,23). The van der Waals surface area contributed by atoms with E-state index in [1.54, 1.807) is 0 Å². The summed E-state index contributed by atoms with van der Waals surface area (Å²) in [5.74, 6) is -1.33. The summed E-state index contributed by atoms with van der Waals surface area (Å²) in [6.07, 6.45) is -2.08. The maximum Gasteiger partial charge on any atom is 0.430 e. The van der Waals surface area contributed by atoms with Gasteiger partial charge in [-0.2, -0.15) is 5.06 Å². The van der Waals surface area contributed by atoms with Crippen molar-refractivity contribution in [3.63, 3.8) is 0 Å². The summed E-state index contributed by atoms with van der Waals surface area (Å²) in [5, 5.41) is 20.1. The zero-order valence-electron chi connectivity index (χ0n) is 15.3. The molecular formula is C17H27F2NO4Si. The highest BCUT2D eigenvalue weighted by molar-refractivity contribution is 6.74. The smallest absolute Gasteiger partial charge is 0.430 e. The highest BCUT2D eigenvalue weighted by atomic mass is 28.4. The monoisotopic (exact) mass is 375 g/mol. The van der Waals surface area contributed by atoms with E-state index in [-0.39, 0.29) is 30.0 Å². The molecule has 0 fully saturated rings. The zero-order chi connectivity index (χ0) is 19.4. The summed E-state index contributed by atoms with van der Waals surface area (Å²) < 4.78 is 32.6. The molecule has 0 heterocycles. The molecule has 0 saturated carbocycles. The van der Waals surface area contributed by atoms with Crippen molar-refractivity contribution in [1.29, 1.82) is 0 Å². The molecule has 142 valence electrons. The van der Waals surface area contributed by atoms with Gasteiger partial charge in [0.1, 0.15) is 11.6 Å². The van der Waals surface area contributed by atoms with E-state index in [0.29, 0.717) is 0 Å². The van der Waals surface area contributed by atoms with Gasteiger partial charge in [0.2, 0.25) is 8.32 Å². The van der Waals surface area contributed by atoms with Gasteiger partial charge in [0, 0.05) is 5.56 Å². The lowest BCUT2D eigenvalue weighted by Crippen LogP contribution is -2.48. The Balaban J connectivity index is 2.67. The fourth-order valence-corrected chi connectivity index (χ4v) is 2.94. The minimum absolute atomic E-state index is 0.0375. The molecule has 0 spiro atoms. The molecule has 0 radical (unpaired) electrons. The Hall–Kier alpha value is -1.51. The number of benzene rings is 1. The molecule has 0 bridgehead atoms. The van der Waals surface area contributed by atoms with E-state index in [4.69, 9.17) is 4.53 Å². The lowest BCUT2D eigenvalue weighted by Gasteiger charge is -2.38. The summed E-state index contributed by atoms with van der Waals surface area (Å²) >= 11 is 0. The second-order valence-electron chi connectivity index (χ2n) is 7.56. The minimum atomic E-state index is -2.32. The summed E-state index contributed by atoms with van der Waals surface area (Å²) in [5.41, 5.74) is -0.132. The molecule has 0 aliphatic rings. The molecule has 1 rings (SSSR count). The molecule has 1 unspecified atom stereocenters. The van der Waals surface area contributed by atoms with E-state index in [1.165, 1.54) is 0 Å². The number of hydrogen-bond donors (Lipinski definition) is 2. The third-order valence-corrected chi connectivity index (χ3v) is 8.80. The molecule has 0 saturated heterocycles. The van der Waals surface area contributed by atoms with Crippen LogP contribution in [0, 0.1) is 11.6 Å². The molecule has 5 nitrogen and oxygen atoms in total. The highest BCUT2D eigenvalue weighted by Gasteiger charge is 2.40. The molecule has 1 atom stereocenters. The summed E-state index contributed by atoms with van der Waals surface area (Å²) in [6.45, 7) is 9.89. The van der Waals surface area contributed by atoms with Crippen LogP contribution in [0.25, 0.3) is 0 Å². The van der Waals surface area contributed by atoms with Crippen molar-refractivity contribution >= 4 is 14.4 Å². The Labute approximate surface area is 148 Å². The quantitative estimate of drug-likeness (QED) is 0.535. The van der Waals surface area contributed by atoms with E-state index < -0.39 is 32.1 Å². The van der Waals surface area contributed by atoms with Crippen molar-refractivity contribution in [2.75, 3.05) is 6.54 Å². The van der Waals surface area contributed by atoms with Crippen LogP contribution in [-0.2, 0) is 4.53 Å². The molecule has 1 amide bonds. The van der Waals surface area contributed by atoms with Crippen molar-refractivity contribution in [2.45, 2.75) is 57.8 Å². The fourth-order valence-electron chi connectivity index (χ4n) is 1.95. The van der Waals surface area contributed by atoms with Crippen LogP contribution >= 0.6 is 0 Å². The van der Waals surface area contributed by atoms with Gasteiger partial charge in [0.15, 0.2) is 0 Å². The largest absolute Gasteiger partial charge is 0.463 e. The average Bonchev–Trinajstić information content (AvgIpc) is 2.47. The van der Waals surface area contributed by atoms with E-state index >= 15 is 0 Å². The Morgan fingerprint density at radius 3 is 2.44 bits per heavy atom. The van der Waals surface area contributed by atoms with Gasteiger partial charge in [-0.05, 0) is 49.2 Å². The minimum Gasteiger partial charge on any atom is -0.463 e. The number of aliphatic hydroxyl groups is 1. The van der Waals surface area contributed by atoms with Crippen molar-refractivity contribution in [2.24, 2.45) is 0 Å². The second-order valence-corrected chi connectivity index (χ2v) is 12.3. The van der Waals surface area contributed by atoms with Gasteiger partial charge < -0.3 is 14.7 Å². The molecular weight excluding hydrogens is 348 g/mol. The van der Waals surface area contributed by atoms with E-state index in [2.05, 4.69) is 0 Å². The van der Waals surface area contributed by atoms with Crippen LogP contribution in [0.2, 0.25) is 18.1 Å². The molecule has 0 aromatic heterocycles. The van der Waals surface area contributed by atoms with Gasteiger partial charge in [-0.1, -0.05) is 20.8 Å². The Bertz CT molecular complexity index is 605. The van der Waals surface area contributed by atoms with Gasteiger partial charge in [-0.25, -0.2) is 13.6 Å². The highest BCUT2D eigenvalue weighted by Crippen LogP contribution is 2.37. The molecule has 0 aliphatic heterocycles. The van der Waals surface area contributed by atoms with Crippen LogP contribution in [0.3, 0.4) is 0 Å². The number of hydrogen-bond acceptors (Lipinski definition) is 3. The van der Waals surface area contributed by atoms with Gasteiger partial charge in [0.25, 0.3) is 0 Å². The number of aliphatic hydroxyl groups excluding tert-OH is 1. The second kappa shape index (κ2) is 8.24. The molecule has 2 N–H and O–H groups in total. The number of amides is 1. The molecule has 0 aliphatic carbocycles. The Kier molecular flexibility index (Phi) is 7.10. The van der Waals surface area contributed by atoms with Crippen molar-refractivity contribution in [1.82, 2.24) is 5.06 Å². The SMILES string of the molecule is CC(C)(C)[Si](C)(C)ON(CCCC(O)c1cc(F)ccc1F)C(=O)O. The normalized spacial score (nSPS) is 13.6. The van der Waals surface area contributed by atoms with Crippen LogP contribution in [0.4, 0.5) is 13.6 Å². The molecule has 1 aromatic rings. The predicted molar refractivity (Wildman–Crippen MR) is 93.6 cm³/mol. The lowest BCUT2D eigenvalue weighted by atomic mass is 10.0. The maximum absolute atomic E-state index is 13.6. The van der Waals surface area contributed by atoms with E-state index in [9.17, 15) is 23.8 Å². The van der Waals surface area contributed by atoms with Gasteiger partial charge >= 0.3 is 6.09 Å². The van der Waals surface area contributed by atoms with Crippen LogP contribution in [0.5, 0.6) is 0 Å². The Morgan fingerprint density at radius 1 is 1.32 bits per heavy atom. The topological polar surface area (TPSA) is 70.0 Å². The van der Waals surface area contributed by atoms with Gasteiger partial charge in [0.05, 0.1) is 12.6 Å². The number of nitrogens with zero attached hydrogens (tertiary/aromatic N) is 1. The van der Waals surface area contributed by atoms with E-state index in [1.807, 2.05) is 33.9 Å². The lowest BCUT2D eigenvalue weighted by molar-refractivity contribution is -0.0514. The maximum atomic E-state index is 13.6. The molecule has 25 heavy (non-hydrogen) atoms. The average molecular weight is 375 g/mol. The first-order chi connectivity index (χ1) is 11.3. The van der Waals surface area contributed by atoms with Crippen LogP contribution < -0.4 is 0 Å². The predicted octanol–water partition coefficient (Wildman–Crippen LogP) is 4.70. The first-order valence-electron chi connectivity index (χ1n) is 8.18. The number of hydroxylamine groups is 2. The van der Waals surface area contributed by atoms with E-state index in [0.717, 1.165) is 23.3 Å². The summed E-state index contributed by atoms with van der Waals surface area (Å²) in [7, 11) is -2.32. The first-order valence-corrected chi connectivity index (χ1v) is 11.1. The number of carbonyl (C=O) groups is 1.